The van der Waals surface area contributed by atoms with Crippen molar-refractivity contribution in [3.8, 4) is 0 Å². The predicted molar refractivity (Wildman–Crippen MR) is 102 cm³/mol. The molecule has 170 valence electrons. The third-order valence-electron chi connectivity index (χ3n) is 5.04. The molecular weight excluding hydrogens is 442 g/mol. The molecule has 1 aliphatic rings. The van der Waals surface area contributed by atoms with Crippen molar-refractivity contribution < 1.29 is 30.8 Å². The number of hydrogen-bond acceptors (Lipinski definition) is 5. The third-order valence-corrected chi connectivity index (χ3v) is 5.85. The van der Waals surface area contributed by atoms with E-state index in [0.29, 0.717) is 6.92 Å². The molecular formula is C18H21F4N5O3S. The van der Waals surface area contributed by atoms with Gasteiger partial charge in [-0.2, -0.15) is 13.9 Å². The number of carbonyl (C=O) groups is 1. The number of sulfonamides is 1. The van der Waals surface area contributed by atoms with E-state index in [1.54, 1.807) is 0 Å². The Hall–Kier alpha value is -2.54. The summed E-state index contributed by atoms with van der Waals surface area (Å²) in [7, 11) is -4.13. The van der Waals surface area contributed by atoms with Crippen molar-refractivity contribution in [3.63, 3.8) is 0 Å². The smallest absolute Gasteiger partial charge is 0.289 e. The van der Waals surface area contributed by atoms with Crippen molar-refractivity contribution in [2.24, 2.45) is 11.1 Å². The number of carbonyl (C=O) groups excluding carboxylic acids is 1. The van der Waals surface area contributed by atoms with Crippen LogP contribution in [0.4, 0.5) is 23.2 Å². The van der Waals surface area contributed by atoms with E-state index in [-0.39, 0.29) is 36.3 Å². The SMILES string of the molecule is Cc1c(C(C)(F)F)nn(CC2CCC(F)(F)C2)c1C(=O)Nc1ccnc(S(N)(=O)=O)c1. The first kappa shape index (κ1) is 23.1. The molecule has 3 N–H and O–H groups in total. The van der Waals surface area contributed by atoms with Crippen molar-refractivity contribution in [3.05, 3.63) is 35.3 Å². The van der Waals surface area contributed by atoms with Gasteiger partial charge >= 0.3 is 0 Å². The van der Waals surface area contributed by atoms with Gasteiger partial charge in [0.25, 0.3) is 21.9 Å². The molecule has 1 aliphatic carbocycles. The number of nitrogens with zero attached hydrogens (tertiary/aromatic N) is 3. The second-order valence-electron chi connectivity index (χ2n) is 7.74. The highest BCUT2D eigenvalue weighted by molar-refractivity contribution is 7.89. The van der Waals surface area contributed by atoms with Gasteiger partial charge in [0, 0.05) is 49.8 Å². The minimum Gasteiger partial charge on any atom is -0.321 e. The lowest BCUT2D eigenvalue weighted by molar-refractivity contribution is 0.00345. The summed E-state index contributed by atoms with van der Waals surface area (Å²) < 4.78 is 79.0. The molecule has 1 amide bonds. The van der Waals surface area contributed by atoms with E-state index in [0.717, 1.165) is 16.9 Å². The number of hydrogen-bond donors (Lipinski definition) is 2. The lowest BCUT2D eigenvalue weighted by Gasteiger charge is -2.14. The summed E-state index contributed by atoms with van der Waals surface area (Å²) in [5, 5.41) is 10.8. The van der Waals surface area contributed by atoms with Crippen LogP contribution in [0.15, 0.2) is 23.4 Å². The minimum absolute atomic E-state index is 0.00776. The molecule has 0 aromatic carbocycles. The van der Waals surface area contributed by atoms with Gasteiger partial charge in [-0.05, 0) is 25.3 Å². The number of nitrogens with one attached hydrogen (secondary N) is 1. The number of pyridine rings is 1. The Morgan fingerprint density at radius 1 is 1.42 bits per heavy atom. The number of primary sulfonamides is 1. The second kappa shape index (κ2) is 7.86. The fourth-order valence-electron chi connectivity index (χ4n) is 3.66. The maximum absolute atomic E-state index is 14.0. The van der Waals surface area contributed by atoms with Gasteiger partial charge in [-0.15, -0.1) is 0 Å². The van der Waals surface area contributed by atoms with Crippen molar-refractivity contribution in [2.75, 3.05) is 5.32 Å². The monoisotopic (exact) mass is 463 g/mol. The molecule has 1 saturated carbocycles. The second-order valence-corrected chi connectivity index (χ2v) is 9.25. The highest BCUT2D eigenvalue weighted by atomic mass is 32.2. The van der Waals surface area contributed by atoms with Crippen molar-refractivity contribution >= 4 is 21.6 Å². The molecule has 1 atom stereocenters. The van der Waals surface area contributed by atoms with E-state index < -0.39 is 50.8 Å². The molecule has 1 unspecified atom stereocenters. The molecule has 2 aromatic rings. The van der Waals surface area contributed by atoms with Crippen LogP contribution in [0.2, 0.25) is 0 Å². The standard InChI is InChI=1S/C18H21F4N5O3S/c1-10-14(16(28)25-12-4-6-24-13(7-12)31(23,29)30)27(26-15(10)17(2,19)20)9-11-3-5-18(21,22)8-11/h4,6-7,11H,3,5,8-9H2,1-2H3,(H2,23,29,30)(H,24,25,28). The highest BCUT2D eigenvalue weighted by Crippen LogP contribution is 2.40. The zero-order chi connectivity index (χ0) is 23.2. The quantitative estimate of drug-likeness (QED) is 0.638. The Kier molecular flexibility index (Phi) is 5.86. The zero-order valence-electron chi connectivity index (χ0n) is 16.7. The Morgan fingerprint density at radius 3 is 2.65 bits per heavy atom. The molecule has 3 rings (SSSR count). The van der Waals surface area contributed by atoms with Crippen LogP contribution in [0.5, 0.6) is 0 Å². The number of halogens is 4. The van der Waals surface area contributed by atoms with Gasteiger partial charge in [-0.25, -0.2) is 27.3 Å². The van der Waals surface area contributed by atoms with Gasteiger partial charge in [0.15, 0.2) is 5.03 Å². The van der Waals surface area contributed by atoms with Crippen molar-refractivity contribution in [1.29, 1.82) is 0 Å². The van der Waals surface area contributed by atoms with Crippen LogP contribution in [0.25, 0.3) is 0 Å². The fourth-order valence-corrected chi connectivity index (χ4v) is 4.16. The van der Waals surface area contributed by atoms with Gasteiger partial charge in [-0.1, -0.05) is 0 Å². The normalized spacial score (nSPS) is 18.9. The van der Waals surface area contributed by atoms with Crippen LogP contribution < -0.4 is 10.5 Å². The summed E-state index contributed by atoms with van der Waals surface area (Å²) in [4.78, 5) is 16.5. The molecule has 2 heterocycles. The third kappa shape index (κ3) is 5.21. The predicted octanol–water partition coefficient (Wildman–Crippen LogP) is 3.03. The van der Waals surface area contributed by atoms with Crippen molar-refractivity contribution in [2.45, 2.75) is 56.5 Å². The lowest BCUT2D eigenvalue weighted by atomic mass is 10.1. The highest BCUT2D eigenvalue weighted by Gasteiger charge is 2.41. The number of amides is 1. The molecule has 0 spiro atoms. The van der Waals surface area contributed by atoms with E-state index in [1.807, 2.05) is 0 Å². The molecule has 1 fully saturated rings. The molecule has 0 aliphatic heterocycles. The van der Waals surface area contributed by atoms with Gasteiger partial charge < -0.3 is 5.32 Å². The average Bonchev–Trinajstić information content (AvgIpc) is 3.13. The topological polar surface area (TPSA) is 120 Å². The van der Waals surface area contributed by atoms with E-state index in [9.17, 15) is 30.8 Å². The first-order valence-corrected chi connectivity index (χ1v) is 10.9. The lowest BCUT2D eigenvalue weighted by Crippen LogP contribution is -2.22. The largest absolute Gasteiger partial charge is 0.321 e. The van der Waals surface area contributed by atoms with E-state index in [1.165, 1.54) is 13.0 Å². The molecule has 13 heteroatoms. The molecule has 8 nitrogen and oxygen atoms in total. The van der Waals surface area contributed by atoms with Crippen LogP contribution in [0.1, 0.15) is 47.9 Å². The fraction of sp³-hybridized carbons (Fsp3) is 0.500. The first-order chi connectivity index (χ1) is 14.2. The Bertz CT molecular complexity index is 1110. The van der Waals surface area contributed by atoms with E-state index >= 15 is 0 Å². The summed E-state index contributed by atoms with van der Waals surface area (Å²) in [6.07, 6.45) is 0.537. The van der Waals surface area contributed by atoms with Crippen LogP contribution in [-0.2, 0) is 22.5 Å². The van der Waals surface area contributed by atoms with Gasteiger partial charge in [0.05, 0.1) is 0 Å². The van der Waals surface area contributed by atoms with Crippen LogP contribution >= 0.6 is 0 Å². The zero-order valence-corrected chi connectivity index (χ0v) is 17.5. The number of aromatic nitrogens is 3. The Balaban J connectivity index is 1.95. The molecule has 0 radical (unpaired) electrons. The number of rotatable bonds is 6. The minimum atomic E-state index is -4.13. The van der Waals surface area contributed by atoms with Gasteiger partial charge in [-0.3, -0.25) is 9.48 Å². The Labute approximate surface area is 175 Å². The average molecular weight is 463 g/mol. The number of alkyl halides is 4. The summed E-state index contributed by atoms with van der Waals surface area (Å²) in [5.74, 6) is -7.58. The maximum Gasteiger partial charge on any atom is 0.289 e. The van der Waals surface area contributed by atoms with Crippen LogP contribution in [-0.4, -0.2) is 35.0 Å². The number of anilines is 1. The number of nitrogens with two attached hydrogens (primary N) is 1. The first-order valence-electron chi connectivity index (χ1n) is 9.31. The van der Waals surface area contributed by atoms with E-state index in [4.69, 9.17) is 5.14 Å². The van der Waals surface area contributed by atoms with Crippen molar-refractivity contribution in [1.82, 2.24) is 14.8 Å². The summed E-state index contributed by atoms with van der Waals surface area (Å²) in [5.41, 5.74) is -0.952. The Morgan fingerprint density at radius 2 is 2.10 bits per heavy atom. The summed E-state index contributed by atoms with van der Waals surface area (Å²) in [6.45, 7) is 1.78. The molecule has 31 heavy (non-hydrogen) atoms. The molecule has 0 bridgehead atoms. The van der Waals surface area contributed by atoms with Crippen LogP contribution in [0.3, 0.4) is 0 Å². The van der Waals surface area contributed by atoms with Gasteiger partial charge in [0.2, 0.25) is 5.92 Å². The molecule has 2 aromatic heterocycles. The van der Waals surface area contributed by atoms with Gasteiger partial charge in [0.1, 0.15) is 11.4 Å². The summed E-state index contributed by atoms with van der Waals surface area (Å²) in [6, 6.07) is 2.30. The van der Waals surface area contributed by atoms with E-state index in [2.05, 4.69) is 15.4 Å². The summed E-state index contributed by atoms with van der Waals surface area (Å²) >= 11 is 0. The molecule has 0 saturated heterocycles. The van der Waals surface area contributed by atoms with Crippen LogP contribution in [0, 0.1) is 12.8 Å². The maximum atomic E-state index is 14.0.